The van der Waals surface area contributed by atoms with Gasteiger partial charge in [-0.1, -0.05) is 30.3 Å². The Kier molecular flexibility index (Phi) is 6.79. The van der Waals surface area contributed by atoms with E-state index in [4.69, 9.17) is 9.47 Å². The minimum Gasteiger partial charge on any atom is -0.481 e. The molecule has 0 aromatic heterocycles. The highest BCUT2D eigenvalue weighted by atomic mass is 31.1. The van der Waals surface area contributed by atoms with Gasteiger partial charge in [0.25, 0.3) is 5.53 Å². The number of ether oxygens (including phenoxy) is 2. The molecule has 0 fully saturated rings. The number of carbonyl (C=O) groups is 1. The van der Waals surface area contributed by atoms with Gasteiger partial charge in [-0.15, -0.1) is 0 Å². The van der Waals surface area contributed by atoms with Crippen molar-refractivity contribution in [3.8, 4) is 0 Å². The van der Waals surface area contributed by atoms with Gasteiger partial charge in [-0.05, 0) is 25.8 Å². The Bertz CT molecular complexity index is 428. The van der Waals surface area contributed by atoms with E-state index in [1.807, 2.05) is 30.3 Å². The first-order chi connectivity index (χ1) is 9.59. The van der Waals surface area contributed by atoms with Gasteiger partial charge in [0.05, 0.1) is 0 Å². The highest BCUT2D eigenvalue weighted by molar-refractivity contribution is 7.25. The normalized spacial score (nSPS) is 13.3. The molecule has 1 aromatic carbocycles. The summed E-state index contributed by atoms with van der Waals surface area (Å²) >= 11 is 0. The number of benzene rings is 1. The standard InChI is InChI=1S/C14H19O5P/c1-3-18-14(20-17,19-4-2)12(13(15)16)10-11-8-6-5-7-9-11/h5-9,12H,3-4,10H2,1-2H3,(H,15,16)/t12-/m0/s1. The fourth-order valence-corrected chi connectivity index (χ4v) is 2.69. The van der Waals surface area contributed by atoms with Crippen molar-refractivity contribution in [3.05, 3.63) is 35.9 Å². The van der Waals surface area contributed by atoms with Crippen molar-refractivity contribution in [2.45, 2.75) is 25.8 Å². The van der Waals surface area contributed by atoms with Crippen LogP contribution in [0.25, 0.3) is 0 Å². The topological polar surface area (TPSA) is 72.8 Å². The van der Waals surface area contributed by atoms with E-state index in [1.165, 1.54) is 0 Å². The fourth-order valence-electron chi connectivity index (χ4n) is 1.99. The molecule has 0 radical (unpaired) electrons. The first-order valence-electron chi connectivity index (χ1n) is 6.48. The van der Waals surface area contributed by atoms with Crippen LogP contribution in [-0.2, 0) is 25.3 Å². The van der Waals surface area contributed by atoms with E-state index in [2.05, 4.69) is 0 Å². The monoisotopic (exact) mass is 298 g/mol. The van der Waals surface area contributed by atoms with E-state index in [-0.39, 0.29) is 19.6 Å². The molecule has 1 rings (SSSR count). The van der Waals surface area contributed by atoms with E-state index in [0.717, 1.165) is 5.56 Å². The number of hydrogen-bond donors (Lipinski definition) is 1. The Morgan fingerprint density at radius 3 is 2.20 bits per heavy atom. The zero-order valence-corrected chi connectivity index (χ0v) is 12.5. The average molecular weight is 298 g/mol. The molecule has 0 spiro atoms. The maximum absolute atomic E-state index is 11.6. The molecule has 0 aliphatic carbocycles. The van der Waals surface area contributed by atoms with E-state index < -0.39 is 25.9 Å². The van der Waals surface area contributed by atoms with Crippen molar-refractivity contribution in [1.29, 1.82) is 0 Å². The lowest BCUT2D eigenvalue weighted by atomic mass is 9.98. The molecular weight excluding hydrogens is 279 g/mol. The van der Waals surface area contributed by atoms with Crippen LogP contribution in [0.4, 0.5) is 0 Å². The van der Waals surface area contributed by atoms with Crippen LogP contribution >= 0.6 is 8.46 Å². The van der Waals surface area contributed by atoms with Gasteiger partial charge in [0, 0.05) is 13.2 Å². The summed E-state index contributed by atoms with van der Waals surface area (Å²) in [7, 11) is -0.485. The first-order valence-corrected chi connectivity index (χ1v) is 7.30. The predicted octanol–water partition coefficient (Wildman–Crippen LogP) is 2.95. The van der Waals surface area contributed by atoms with Crippen LogP contribution in [0.2, 0.25) is 0 Å². The molecule has 1 atom stereocenters. The minimum atomic E-state index is -1.65. The van der Waals surface area contributed by atoms with Gasteiger partial charge in [0.15, 0.2) is 0 Å². The molecule has 0 aliphatic heterocycles. The molecule has 0 heterocycles. The van der Waals surface area contributed by atoms with Crippen LogP contribution in [0.5, 0.6) is 0 Å². The molecule has 110 valence electrons. The zero-order valence-electron chi connectivity index (χ0n) is 11.6. The summed E-state index contributed by atoms with van der Waals surface area (Å²) in [6, 6.07) is 9.14. The van der Waals surface area contributed by atoms with E-state index in [0.29, 0.717) is 0 Å². The highest BCUT2D eigenvalue weighted by Gasteiger charge is 2.46. The van der Waals surface area contributed by atoms with E-state index in [1.54, 1.807) is 13.8 Å². The molecule has 6 heteroatoms. The third-order valence-corrected chi connectivity index (χ3v) is 3.67. The summed E-state index contributed by atoms with van der Waals surface area (Å²) in [5, 5.41) is 9.45. The second-order valence-electron chi connectivity index (χ2n) is 4.17. The Balaban J connectivity index is 3.07. The van der Waals surface area contributed by atoms with Gasteiger partial charge in [0.1, 0.15) is 5.92 Å². The maximum atomic E-state index is 11.6. The smallest absolute Gasteiger partial charge is 0.313 e. The quantitative estimate of drug-likeness (QED) is 0.560. The fraction of sp³-hybridized carbons (Fsp3) is 0.500. The molecule has 0 unspecified atom stereocenters. The minimum absolute atomic E-state index is 0.186. The molecule has 0 bridgehead atoms. The molecule has 0 aliphatic rings. The van der Waals surface area contributed by atoms with Crippen LogP contribution < -0.4 is 0 Å². The second-order valence-corrected chi connectivity index (χ2v) is 4.97. The van der Waals surface area contributed by atoms with Crippen LogP contribution in [0, 0.1) is 5.92 Å². The molecule has 20 heavy (non-hydrogen) atoms. The molecule has 0 saturated carbocycles. The van der Waals surface area contributed by atoms with Gasteiger partial charge >= 0.3 is 5.97 Å². The van der Waals surface area contributed by atoms with Crippen molar-refractivity contribution in [1.82, 2.24) is 0 Å². The summed E-state index contributed by atoms with van der Waals surface area (Å²) in [6.07, 6.45) is 0.186. The molecule has 0 amide bonds. The summed E-state index contributed by atoms with van der Waals surface area (Å²) in [4.78, 5) is 11.6. The second kappa shape index (κ2) is 8.10. The SMILES string of the molecule is CCOC(OCC)(P=O)[C@@H](Cc1ccccc1)C(=O)O. The van der Waals surface area contributed by atoms with Crippen molar-refractivity contribution in [3.63, 3.8) is 0 Å². The molecule has 5 nitrogen and oxygen atoms in total. The number of carboxylic acids is 1. The predicted molar refractivity (Wildman–Crippen MR) is 74.9 cm³/mol. The van der Waals surface area contributed by atoms with Gasteiger partial charge < -0.3 is 14.6 Å². The summed E-state index contributed by atoms with van der Waals surface area (Å²) in [5.41, 5.74) is -0.821. The molecular formula is C14H19O5P. The van der Waals surface area contributed by atoms with Crippen LogP contribution in [-0.4, -0.2) is 29.8 Å². The van der Waals surface area contributed by atoms with Gasteiger partial charge in [0.2, 0.25) is 8.46 Å². The van der Waals surface area contributed by atoms with Crippen molar-refractivity contribution >= 4 is 14.4 Å². The Labute approximate surface area is 120 Å². The number of hydrogen-bond acceptors (Lipinski definition) is 4. The van der Waals surface area contributed by atoms with Crippen molar-refractivity contribution < 1.29 is 23.9 Å². The third kappa shape index (κ3) is 4.10. The largest absolute Gasteiger partial charge is 0.481 e. The summed E-state index contributed by atoms with van der Waals surface area (Å²) in [6.45, 7) is 3.85. The zero-order chi connectivity index (χ0) is 15.0. The van der Waals surface area contributed by atoms with Gasteiger partial charge in [-0.3, -0.25) is 9.36 Å². The van der Waals surface area contributed by atoms with Crippen LogP contribution in [0.1, 0.15) is 19.4 Å². The van der Waals surface area contributed by atoms with Gasteiger partial charge in [-0.2, -0.15) is 0 Å². The molecule has 1 aromatic rings. The third-order valence-electron chi connectivity index (χ3n) is 2.85. The lowest BCUT2D eigenvalue weighted by Crippen LogP contribution is -2.44. The lowest BCUT2D eigenvalue weighted by molar-refractivity contribution is -0.209. The summed E-state index contributed by atoms with van der Waals surface area (Å²) < 4.78 is 22.3. The number of rotatable bonds is 9. The Hall–Kier alpha value is -1.29. The van der Waals surface area contributed by atoms with Crippen LogP contribution in [0.3, 0.4) is 0 Å². The average Bonchev–Trinajstić information content (AvgIpc) is 2.45. The van der Waals surface area contributed by atoms with Crippen molar-refractivity contribution in [2.75, 3.05) is 13.2 Å². The Morgan fingerprint density at radius 2 is 1.80 bits per heavy atom. The molecule has 1 N–H and O–H groups in total. The maximum Gasteiger partial charge on any atom is 0.313 e. The van der Waals surface area contributed by atoms with Crippen LogP contribution in [0.15, 0.2) is 30.3 Å². The first kappa shape index (κ1) is 16.8. The lowest BCUT2D eigenvalue weighted by Gasteiger charge is -2.31. The van der Waals surface area contributed by atoms with E-state index >= 15 is 0 Å². The van der Waals surface area contributed by atoms with E-state index in [9.17, 15) is 14.5 Å². The summed E-state index contributed by atoms with van der Waals surface area (Å²) in [5.74, 6) is -2.15. The molecule has 0 saturated heterocycles. The number of aliphatic carboxylic acids is 1. The number of carboxylic acid groups (broad SMARTS) is 1. The van der Waals surface area contributed by atoms with Crippen molar-refractivity contribution in [2.24, 2.45) is 5.92 Å². The van der Waals surface area contributed by atoms with Gasteiger partial charge in [-0.25, -0.2) is 0 Å². The Morgan fingerprint density at radius 1 is 1.25 bits per heavy atom. The highest BCUT2D eigenvalue weighted by Crippen LogP contribution is 2.37.